The van der Waals surface area contributed by atoms with Gasteiger partial charge in [-0.3, -0.25) is 0 Å². The standard InChI is InChI=1S/C13H26N2O/c1-9(2)7-15-8-13(14)10-5-6-16-11(10)12(13,3)4/h9-11,15H,5-8,14H2,1-4H3. The molecular weight excluding hydrogens is 200 g/mol. The van der Waals surface area contributed by atoms with Gasteiger partial charge in [0.25, 0.3) is 0 Å². The van der Waals surface area contributed by atoms with Crippen molar-refractivity contribution in [2.45, 2.75) is 45.8 Å². The molecule has 1 aliphatic carbocycles. The van der Waals surface area contributed by atoms with Crippen LogP contribution in [-0.4, -0.2) is 31.3 Å². The summed E-state index contributed by atoms with van der Waals surface area (Å²) in [6, 6.07) is 0. The van der Waals surface area contributed by atoms with Crippen LogP contribution in [0.25, 0.3) is 0 Å². The average molecular weight is 226 g/mol. The second-order valence-electron chi connectivity index (χ2n) is 6.47. The molecule has 0 aromatic carbocycles. The predicted molar refractivity (Wildman–Crippen MR) is 66.3 cm³/mol. The third-order valence-corrected chi connectivity index (χ3v) is 4.63. The summed E-state index contributed by atoms with van der Waals surface area (Å²) in [5, 5.41) is 3.51. The van der Waals surface area contributed by atoms with Gasteiger partial charge in [0.2, 0.25) is 0 Å². The van der Waals surface area contributed by atoms with Crippen molar-refractivity contribution < 1.29 is 4.74 Å². The molecule has 1 saturated heterocycles. The topological polar surface area (TPSA) is 47.3 Å². The van der Waals surface area contributed by atoms with Crippen LogP contribution in [0.4, 0.5) is 0 Å². The maximum absolute atomic E-state index is 6.61. The van der Waals surface area contributed by atoms with E-state index in [9.17, 15) is 0 Å². The summed E-state index contributed by atoms with van der Waals surface area (Å²) in [5.74, 6) is 1.24. The number of fused-ring (bicyclic) bond motifs is 1. The molecule has 16 heavy (non-hydrogen) atoms. The molecule has 2 rings (SSSR count). The normalized spacial score (nSPS) is 40.9. The van der Waals surface area contributed by atoms with E-state index in [2.05, 4.69) is 33.0 Å². The van der Waals surface area contributed by atoms with E-state index in [0.29, 0.717) is 17.9 Å². The Morgan fingerprint density at radius 1 is 1.44 bits per heavy atom. The van der Waals surface area contributed by atoms with Gasteiger partial charge in [-0.25, -0.2) is 0 Å². The van der Waals surface area contributed by atoms with Crippen molar-refractivity contribution in [3.63, 3.8) is 0 Å². The Kier molecular flexibility index (Phi) is 3.06. The zero-order chi connectivity index (χ0) is 12.0. The number of rotatable bonds is 4. The van der Waals surface area contributed by atoms with Gasteiger partial charge in [-0.1, -0.05) is 27.7 Å². The zero-order valence-corrected chi connectivity index (χ0v) is 11.0. The van der Waals surface area contributed by atoms with Crippen molar-refractivity contribution in [3.8, 4) is 0 Å². The smallest absolute Gasteiger partial charge is 0.0691 e. The molecule has 0 bridgehead atoms. The summed E-state index contributed by atoms with van der Waals surface area (Å²) in [6.45, 7) is 11.8. The predicted octanol–water partition coefficient (Wildman–Crippen LogP) is 1.37. The van der Waals surface area contributed by atoms with Crippen LogP contribution in [0.15, 0.2) is 0 Å². The molecule has 3 unspecified atom stereocenters. The van der Waals surface area contributed by atoms with Crippen molar-refractivity contribution in [2.24, 2.45) is 23.0 Å². The Balaban J connectivity index is 1.96. The number of hydrogen-bond acceptors (Lipinski definition) is 3. The lowest BCUT2D eigenvalue weighted by Gasteiger charge is -2.62. The molecule has 94 valence electrons. The minimum atomic E-state index is -0.0803. The van der Waals surface area contributed by atoms with Gasteiger partial charge in [-0.05, 0) is 18.9 Å². The maximum Gasteiger partial charge on any atom is 0.0691 e. The van der Waals surface area contributed by atoms with Crippen LogP contribution in [-0.2, 0) is 4.74 Å². The molecule has 3 N–H and O–H groups in total. The number of hydrogen-bond donors (Lipinski definition) is 2. The van der Waals surface area contributed by atoms with Crippen molar-refractivity contribution >= 4 is 0 Å². The Labute approximate surface area is 99.1 Å². The Morgan fingerprint density at radius 2 is 2.12 bits per heavy atom. The minimum Gasteiger partial charge on any atom is -0.377 e. The molecule has 3 nitrogen and oxygen atoms in total. The Morgan fingerprint density at radius 3 is 2.75 bits per heavy atom. The summed E-state index contributed by atoms with van der Waals surface area (Å²) in [7, 11) is 0. The largest absolute Gasteiger partial charge is 0.377 e. The quantitative estimate of drug-likeness (QED) is 0.761. The fourth-order valence-corrected chi connectivity index (χ4v) is 3.40. The van der Waals surface area contributed by atoms with Crippen LogP contribution in [0.3, 0.4) is 0 Å². The number of ether oxygens (including phenoxy) is 1. The summed E-state index contributed by atoms with van der Waals surface area (Å²) >= 11 is 0. The van der Waals surface area contributed by atoms with Gasteiger partial charge in [-0.15, -0.1) is 0 Å². The first kappa shape index (κ1) is 12.3. The van der Waals surface area contributed by atoms with E-state index >= 15 is 0 Å². The van der Waals surface area contributed by atoms with Crippen molar-refractivity contribution in [2.75, 3.05) is 19.7 Å². The molecule has 0 aromatic heterocycles. The van der Waals surface area contributed by atoms with Gasteiger partial charge in [0.15, 0.2) is 0 Å². The molecule has 2 fully saturated rings. The third-order valence-electron chi connectivity index (χ3n) is 4.63. The average Bonchev–Trinajstić information content (AvgIpc) is 2.64. The summed E-state index contributed by atoms with van der Waals surface area (Å²) in [5.41, 5.74) is 6.64. The van der Waals surface area contributed by atoms with E-state index in [-0.39, 0.29) is 11.0 Å². The SMILES string of the molecule is CC(C)CNCC1(N)C2CCOC2C1(C)C. The van der Waals surface area contributed by atoms with Gasteiger partial charge < -0.3 is 15.8 Å². The second kappa shape index (κ2) is 3.97. The van der Waals surface area contributed by atoms with Crippen LogP contribution in [0.5, 0.6) is 0 Å². The fraction of sp³-hybridized carbons (Fsp3) is 1.00. The fourth-order valence-electron chi connectivity index (χ4n) is 3.40. The van der Waals surface area contributed by atoms with Crippen molar-refractivity contribution in [3.05, 3.63) is 0 Å². The first-order chi connectivity index (χ1) is 7.39. The highest BCUT2D eigenvalue weighted by atomic mass is 16.5. The lowest BCUT2D eigenvalue weighted by atomic mass is 9.48. The molecule has 0 aromatic rings. The number of nitrogens with two attached hydrogens (primary N) is 1. The van der Waals surface area contributed by atoms with Crippen LogP contribution in [0.2, 0.25) is 0 Å². The Bertz CT molecular complexity index is 265. The summed E-state index contributed by atoms with van der Waals surface area (Å²) in [6.07, 6.45) is 1.52. The molecule has 3 atom stereocenters. The van der Waals surface area contributed by atoms with Crippen molar-refractivity contribution in [1.29, 1.82) is 0 Å². The first-order valence-electron chi connectivity index (χ1n) is 6.51. The van der Waals surface area contributed by atoms with E-state index < -0.39 is 0 Å². The van der Waals surface area contributed by atoms with Gasteiger partial charge in [0, 0.05) is 30.0 Å². The molecule has 2 aliphatic rings. The Hall–Kier alpha value is -0.120. The zero-order valence-electron chi connectivity index (χ0n) is 11.0. The number of nitrogens with one attached hydrogen (secondary N) is 1. The molecule has 3 heteroatoms. The molecule has 1 aliphatic heterocycles. The molecule has 1 saturated carbocycles. The van der Waals surface area contributed by atoms with Gasteiger partial charge >= 0.3 is 0 Å². The van der Waals surface area contributed by atoms with Gasteiger partial charge in [0.05, 0.1) is 6.10 Å². The maximum atomic E-state index is 6.61. The molecule has 0 spiro atoms. The highest BCUT2D eigenvalue weighted by Crippen LogP contribution is 2.57. The van der Waals surface area contributed by atoms with Crippen LogP contribution in [0, 0.1) is 17.3 Å². The lowest BCUT2D eigenvalue weighted by molar-refractivity contribution is -0.153. The summed E-state index contributed by atoms with van der Waals surface area (Å²) in [4.78, 5) is 0. The first-order valence-corrected chi connectivity index (χ1v) is 6.51. The van der Waals surface area contributed by atoms with Crippen LogP contribution < -0.4 is 11.1 Å². The van der Waals surface area contributed by atoms with E-state index in [1.165, 1.54) is 0 Å². The molecule has 0 amide bonds. The highest BCUT2D eigenvalue weighted by molar-refractivity contribution is 5.21. The van der Waals surface area contributed by atoms with E-state index in [1.807, 2.05) is 0 Å². The highest BCUT2D eigenvalue weighted by Gasteiger charge is 2.67. The van der Waals surface area contributed by atoms with Crippen LogP contribution in [0.1, 0.15) is 34.1 Å². The molecule has 0 radical (unpaired) electrons. The molecule has 1 heterocycles. The summed E-state index contributed by atoms with van der Waals surface area (Å²) < 4.78 is 5.78. The van der Waals surface area contributed by atoms with E-state index in [4.69, 9.17) is 10.5 Å². The third kappa shape index (κ3) is 1.60. The second-order valence-corrected chi connectivity index (χ2v) is 6.47. The minimum absolute atomic E-state index is 0.0803. The van der Waals surface area contributed by atoms with Gasteiger partial charge in [0.1, 0.15) is 0 Å². The van der Waals surface area contributed by atoms with Crippen LogP contribution >= 0.6 is 0 Å². The van der Waals surface area contributed by atoms with E-state index in [1.54, 1.807) is 0 Å². The molecular formula is C13H26N2O. The van der Waals surface area contributed by atoms with Crippen molar-refractivity contribution in [1.82, 2.24) is 5.32 Å². The lowest BCUT2D eigenvalue weighted by Crippen LogP contribution is -2.78. The monoisotopic (exact) mass is 226 g/mol. The van der Waals surface area contributed by atoms with Gasteiger partial charge in [-0.2, -0.15) is 0 Å². The van der Waals surface area contributed by atoms with E-state index in [0.717, 1.165) is 26.1 Å².